The summed E-state index contributed by atoms with van der Waals surface area (Å²) in [5.41, 5.74) is 2.46. The number of pyridine rings is 1. The topological polar surface area (TPSA) is 34.1 Å². The van der Waals surface area contributed by atoms with Crippen molar-refractivity contribution in [2.24, 2.45) is 0 Å². The van der Waals surface area contributed by atoms with Crippen LogP contribution in [-0.4, -0.2) is 18.6 Å². The van der Waals surface area contributed by atoms with E-state index in [1.54, 1.807) is 0 Å². The van der Waals surface area contributed by atoms with Crippen LogP contribution in [0.3, 0.4) is 0 Å². The molecule has 0 saturated carbocycles. The number of benzene rings is 1. The van der Waals surface area contributed by atoms with Crippen molar-refractivity contribution in [3.8, 4) is 5.75 Å². The number of aromatic nitrogens is 1. The van der Waals surface area contributed by atoms with Crippen molar-refractivity contribution in [1.29, 1.82) is 0 Å². The van der Waals surface area contributed by atoms with Gasteiger partial charge in [0.1, 0.15) is 5.75 Å². The molecule has 2 aromatic rings. The summed E-state index contributed by atoms with van der Waals surface area (Å²) < 4.78 is 5.75. The maximum atomic E-state index is 5.75. The first-order valence-electron chi connectivity index (χ1n) is 7.06. The van der Waals surface area contributed by atoms with Crippen molar-refractivity contribution in [2.75, 3.05) is 13.7 Å². The number of nitrogens with one attached hydrogen (secondary N) is 1. The summed E-state index contributed by atoms with van der Waals surface area (Å²) >= 11 is 0. The van der Waals surface area contributed by atoms with E-state index < -0.39 is 0 Å². The molecule has 0 saturated heterocycles. The van der Waals surface area contributed by atoms with Crippen LogP contribution in [0.4, 0.5) is 0 Å². The summed E-state index contributed by atoms with van der Waals surface area (Å²) in [6.45, 7) is 4.91. The zero-order chi connectivity index (χ0) is 14.4. The second-order valence-electron chi connectivity index (χ2n) is 4.81. The third-order valence-corrected chi connectivity index (χ3v) is 3.60. The first-order chi connectivity index (χ1) is 9.77. The van der Waals surface area contributed by atoms with E-state index in [4.69, 9.17) is 4.74 Å². The first-order valence-corrected chi connectivity index (χ1v) is 7.06. The van der Waals surface area contributed by atoms with Crippen molar-refractivity contribution in [3.05, 3.63) is 59.9 Å². The Bertz CT molecular complexity index is 528. The average Bonchev–Trinajstić information content (AvgIpc) is 2.51. The van der Waals surface area contributed by atoms with E-state index in [0.717, 1.165) is 5.75 Å². The summed E-state index contributed by atoms with van der Waals surface area (Å²) in [6, 6.07) is 12.6. The van der Waals surface area contributed by atoms with Crippen molar-refractivity contribution < 1.29 is 4.74 Å². The summed E-state index contributed by atoms with van der Waals surface area (Å²) in [5, 5.41) is 3.42. The molecule has 1 N–H and O–H groups in total. The normalized spacial score (nSPS) is 13.8. The number of nitrogens with zero attached hydrogens (tertiary/aromatic N) is 1. The molecule has 0 radical (unpaired) electrons. The highest BCUT2D eigenvalue weighted by atomic mass is 16.5. The molecular formula is C17H22N2O. The van der Waals surface area contributed by atoms with E-state index in [1.165, 1.54) is 11.1 Å². The summed E-state index contributed by atoms with van der Waals surface area (Å²) in [4.78, 5) is 4.09. The van der Waals surface area contributed by atoms with Crippen molar-refractivity contribution in [2.45, 2.75) is 25.8 Å². The van der Waals surface area contributed by atoms with Gasteiger partial charge in [-0.2, -0.15) is 0 Å². The van der Waals surface area contributed by atoms with E-state index in [0.29, 0.717) is 12.5 Å². The van der Waals surface area contributed by atoms with Crippen LogP contribution >= 0.6 is 0 Å². The average molecular weight is 270 g/mol. The molecule has 2 atom stereocenters. The van der Waals surface area contributed by atoms with E-state index in [1.807, 2.05) is 38.5 Å². The number of hydrogen-bond donors (Lipinski definition) is 1. The lowest BCUT2D eigenvalue weighted by Gasteiger charge is -2.26. The van der Waals surface area contributed by atoms with E-state index >= 15 is 0 Å². The molecule has 0 aliphatic carbocycles. The molecule has 1 aromatic heterocycles. The van der Waals surface area contributed by atoms with Crippen LogP contribution in [0.15, 0.2) is 48.8 Å². The van der Waals surface area contributed by atoms with Crippen molar-refractivity contribution >= 4 is 0 Å². The fourth-order valence-electron chi connectivity index (χ4n) is 2.56. The zero-order valence-electron chi connectivity index (χ0n) is 12.3. The maximum absolute atomic E-state index is 5.75. The van der Waals surface area contributed by atoms with Gasteiger partial charge in [-0.25, -0.2) is 0 Å². The molecule has 1 heterocycles. The Labute approximate surface area is 121 Å². The highest BCUT2D eigenvalue weighted by Crippen LogP contribution is 2.35. The fraction of sp³-hybridized carbons (Fsp3) is 0.353. The minimum atomic E-state index is 0.208. The van der Waals surface area contributed by atoms with E-state index in [9.17, 15) is 0 Å². The standard InChI is InChI=1S/C17H22N2O/c1-4-20-16-8-6-5-7-15(16)17(18-3)13(2)14-9-11-19-12-10-14/h5-13,17-18H,4H2,1-3H3. The molecule has 0 bridgehead atoms. The third kappa shape index (κ3) is 3.17. The van der Waals surface area contributed by atoms with Crippen LogP contribution in [0.25, 0.3) is 0 Å². The third-order valence-electron chi connectivity index (χ3n) is 3.60. The van der Waals surface area contributed by atoms with Gasteiger partial charge in [0.05, 0.1) is 6.61 Å². The highest BCUT2D eigenvalue weighted by molar-refractivity contribution is 5.38. The molecule has 0 aliphatic heterocycles. The maximum Gasteiger partial charge on any atom is 0.124 e. The first kappa shape index (κ1) is 14.5. The largest absolute Gasteiger partial charge is 0.494 e. The van der Waals surface area contributed by atoms with Gasteiger partial charge in [-0.3, -0.25) is 4.98 Å². The van der Waals surface area contributed by atoms with Gasteiger partial charge in [-0.15, -0.1) is 0 Å². The Morgan fingerprint density at radius 2 is 1.85 bits per heavy atom. The Morgan fingerprint density at radius 1 is 1.15 bits per heavy atom. The molecule has 3 heteroatoms. The Hall–Kier alpha value is -1.87. The molecule has 0 amide bonds. The van der Waals surface area contributed by atoms with Crippen LogP contribution in [-0.2, 0) is 0 Å². The van der Waals surface area contributed by atoms with Crippen LogP contribution < -0.4 is 10.1 Å². The van der Waals surface area contributed by atoms with Gasteiger partial charge in [0.15, 0.2) is 0 Å². The van der Waals surface area contributed by atoms with Gasteiger partial charge in [0.25, 0.3) is 0 Å². The van der Waals surface area contributed by atoms with Crippen LogP contribution in [0.5, 0.6) is 5.75 Å². The lowest BCUT2D eigenvalue weighted by molar-refractivity contribution is 0.329. The van der Waals surface area contributed by atoms with Crippen LogP contribution in [0, 0.1) is 0 Å². The predicted molar refractivity (Wildman–Crippen MR) is 82.1 cm³/mol. The smallest absolute Gasteiger partial charge is 0.124 e. The van der Waals surface area contributed by atoms with E-state index in [-0.39, 0.29) is 6.04 Å². The monoisotopic (exact) mass is 270 g/mol. The van der Waals surface area contributed by atoms with Gasteiger partial charge >= 0.3 is 0 Å². The van der Waals surface area contributed by atoms with Crippen molar-refractivity contribution in [1.82, 2.24) is 10.3 Å². The molecular weight excluding hydrogens is 248 g/mol. The molecule has 3 nitrogen and oxygen atoms in total. The van der Waals surface area contributed by atoms with Gasteiger partial charge in [-0.1, -0.05) is 25.1 Å². The summed E-state index contributed by atoms with van der Waals surface area (Å²) in [5.74, 6) is 1.29. The molecule has 20 heavy (non-hydrogen) atoms. The van der Waals surface area contributed by atoms with Crippen LogP contribution in [0.2, 0.25) is 0 Å². The van der Waals surface area contributed by atoms with E-state index in [2.05, 4.69) is 41.5 Å². The van der Waals surface area contributed by atoms with Gasteiger partial charge in [-0.05, 0) is 37.7 Å². The second kappa shape index (κ2) is 7.06. The predicted octanol–water partition coefficient (Wildman–Crippen LogP) is 3.54. The lowest BCUT2D eigenvalue weighted by atomic mass is 9.88. The molecule has 2 rings (SSSR count). The van der Waals surface area contributed by atoms with Gasteiger partial charge in [0.2, 0.25) is 0 Å². The number of likely N-dealkylation sites (N-methyl/N-ethyl adjacent to an activating group) is 1. The lowest BCUT2D eigenvalue weighted by Crippen LogP contribution is -2.23. The molecule has 0 fully saturated rings. The van der Waals surface area contributed by atoms with Gasteiger partial charge in [0, 0.05) is 29.9 Å². The fourth-order valence-corrected chi connectivity index (χ4v) is 2.56. The number of para-hydroxylation sites is 1. The quantitative estimate of drug-likeness (QED) is 0.871. The van der Waals surface area contributed by atoms with Gasteiger partial charge < -0.3 is 10.1 Å². The number of hydrogen-bond acceptors (Lipinski definition) is 3. The molecule has 2 unspecified atom stereocenters. The molecule has 1 aromatic carbocycles. The zero-order valence-corrected chi connectivity index (χ0v) is 12.3. The second-order valence-corrected chi connectivity index (χ2v) is 4.81. The summed E-state index contributed by atoms with van der Waals surface area (Å²) in [6.07, 6.45) is 3.68. The molecule has 0 aliphatic rings. The number of rotatable bonds is 6. The molecule has 0 spiro atoms. The minimum absolute atomic E-state index is 0.208. The van der Waals surface area contributed by atoms with Crippen LogP contribution in [0.1, 0.15) is 36.9 Å². The molecule has 106 valence electrons. The highest BCUT2D eigenvalue weighted by Gasteiger charge is 2.22. The Kier molecular flexibility index (Phi) is 5.13. The Balaban J connectivity index is 2.33. The summed E-state index contributed by atoms with van der Waals surface area (Å²) in [7, 11) is 1.99. The number of ether oxygens (including phenoxy) is 1. The SMILES string of the molecule is CCOc1ccccc1C(NC)C(C)c1ccncc1. The van der Waals surface area contributed by atoms with Crippen molar-refractivity contribution in [3.63, 3.8) is 0 Å². The minimum Gasteiger partial charge on any atom is -0.494 e. The Morgan fingerprint density at radius 3 is 2.50 bits per heavy atom.